The van der Waals surface area contributed by atoms with Gasteiger partial charge in [-0.25, -0.2) is 4.98 Å². The summed E-state index contributed by atoms with van der Waals surface area (Å²) in [6, 6.07) is 3.81. The lowest BCUT2D eigenvalue weighted by Crippen LogP contribution is -2.36. The molecule has 22 heavy (non-hydrogen) atoms. The van der Waals surface area contributed by atoms with E-state index in [2.05, 4.69) is 15.3 Å². The van der Waals surface area contributed by atoms with E-state index in [9.17, 15) is 4.79 Å². The second-order valence-electron chi connectivity index (χ2n) is 5.77. The molecular formula is C16H22N4O2. The highest BCUT2D eigenvalue weighted by atomic mass is 16.5. The van der Waals surface area contributed by atoms with Gasteiger partial charge in [0.1, 0.15) is 11.9 Å². The Labute approximate surface area is 129 Å². The summed E-state index contributed by atoms with van der Waals surface area (Å²) in [5, 5.41) is 3.03. The van der Waals surface area contributed by atoms with E-state index in [1.807, 2.05) is 36.1 Å². The molecule has 0 unspecified atom stereocenters. The number of aromatic nitrogens is 3. The maximum atomic E-state index is 12.0. The summed E-state index contributed by atoms with van der Waals surface area (Å²) in [5.41, 5.74) is 0.929. The Morgan fingerprint density at radius 1 is 1.59 bits per heavy atom. The van der Waals surface area contributed by atoms with Crippen molar-refractivity contribution in [3.8, 4) is 0 Å². The SMILES string of the molecule is Cn1ccnc1[C@@H]1OCCC[C@H]1CNC(=O)Cc1ccc[nH]1. The van der Waals surface area contributed by atoms with Crippen LogP contribution in [0.1, 0.15) is 30.5 Å². The molecule has 0 aromatic carbocycles. The van der Waals surface area contributed by atoms with Gasteiger partial charge in [0.2, 0.25) is 5.91 Å². The number of H-pyrrole nitrogens is 1. The minimum atomic E-state index is -0.0421. The Kier molecular flexibility index (Phi) is 4.58. The number of carbonyl (C=O) groups excluding carboxylic acids is 1. The van der Waals surface area contributed by atoms with Gasteiger partial charge >= 0.3 is 0 Å². The van der Waals surface area contributed by atoms with Crippen molar-refractivity contribution in [2.75, 3.05) is 13.2 Å². The summed E-state index contributed by atoms with van der Waals surface area (Å²) in [6.07, 6.45) is 7.95. The maximum Gasteiger partial charge on any atom is 0.225 e. The fourth-order valence-corrected chi connectivity index (χ4v) is 2.95. The number of aromatic amines is 1. The summed E-state index contributed by atoms with van der Waals surface area (Å²) in [7, 11) is 1.97. The van der Waals surface area contributed by atoms with Crippen molar-refractivity contribution in [2.24, 2.45) is 13.0 Å². The van der Waals surface area contributed by atoms with Crippen molar-refractivity contribution in [1.29, 1.82) is 0 Å². The molecule has 6 heteroatoms. The molecule has 0 radical (unpaired) electrons. The molecule has 1 aliphatic rings. The summed E-state index contributed by atoms with van der Waals surface area (Å²) in [5.74, 6) is 1.23. The van der Waals surface area contributed by atoms with Gasteiger partial charge in [-0.1, -0.05) is 0 Å². The number of amides is 1. The molecule has 1 aliphatic heterocycles. The molecule has 6 nitrogen and oxygen atoms in total. The average Bonchev–Trinajstić information content (AvgIpc) is 3.17. The number of nitrogens with one attached hydrogen (secondary N) is 2. The van der Waals surface area contributed by atoms with Crippen LogP contribution in [0.25, 0.3) is 0 Å². The first kappa shape index (κ1) is 14.8. The number of ether oxygens (including phenoxy) is 1. The lowest BCUT2D eigenvalue weighted by Gasteiger charge is -2.31. The van der Waals surface area contributed by atoms with E-state index in [0.717, 1.165) is 31.0 Å². The third-order valence-electron chi connectivity index (χ3n) is 4.13. The van der Waals surface area contributed by atoms with Crippen molar-refractivity contribution in [3.63, 3.8) is 0 Å². The van der Waals surface area contributed by atoms with Gasteiger partial charge < -0.3 is 19.6 Å². The molecule has 3 heterocycles. The number of imidazole rings is 1. The molecule has 0 aliphatic carbocycles. The topological polar surface area (TPSA) is 71.9 Å². The first-order valence-corrected chi connectivity index (χ1v) is 7.72. The number of carbonyl (C=O) groups is 1. The number of rotatable bonds is 5. The van der Waals surface area contributed by atoms with Crippen LogP contribution in [0.5, 0.6) is 0 Å². The van der Waals surface area contributed by atoms with Crippen molar-refractivity contribution in [3.05, 3.63) is 42.2 Å². The number of hydrogen-bond donors (Lipinski definition) is 2. The molecule has 3 rings (SSSR count). The molecule has 0 bridgehead atoms. The Hall–Kier alpha value is -2.08. The molecule has 2 N–H and O–H groups in total. The van der Waals surface area contributed by atoms with Gasteiger partial charge in [0.05, 0.1) is 6.42 Å². The van der Waals surface area contributed by atoms with E-state index in [1.165, 1.54) is 0 Å². The minimum Gasteiger partial charge on any atom is -0.370 e. The zero-order valence-electron chi connectivity index (χ0n) is 12.8. The predicted molar refractivity (Wildman–Crippen MR) is 82.1 cm³/mol. The van der Waals surface area contributed by atoms with Crippen LogP contribution in [0.15, 0.2) is 30.7 Å². The molecule has 2 atom stereocenters. The highest BCUT2D eigenvalue weighted by Gasteiger charge is 2.30. The second-order valence-corrected chi connectivity index (χ2v) is 5.77. The standard InChI is InChI=1S/C16H22N4O2/c1-20-8-7-18-16(20)15-12(4-3-9-22-15)11-19-14(21)10-13-5-2-6-17-13/h2,5-8,12,15,17H,3-4,9-11H2,1H3,(H,19,21)/t12-,15+/m0/s1. The quantitative estimate of drug-likeness (QED) is 0.880. The third kappa shape index (κ3) is 3.39. The van der Waals surface area contributed by atoms with Gasteiger partial charge in [-0.2, -0.15) is 0 Å². The Morgan fingerprint density at radius 3 is 3.23 bits per heavy atom. The lowest BCUT2D eigenvalue weighted by atomic mass is 9.93. The van der Waals surface area contributed by atoms with E-state index in [-0.39, 0.29) is 17.9 Å². The lowest BCUT2D eigenvalue weighted by molar-refractivity contribution is -0.121. The van der Waals surface area contributed by atoms with Gasteiger partial charge in [0, 0.05) is 50.4 Å². The number of hydrogen-bond acceptors (Lipinski definition) is 3. The van der Waals surface area contributed by atoms with Crippen molar-refractivity contribution >= 4 is 5.91 Å². The normalized spacial score (nSPS) is 21.7. The van der Waals surface area contributed by atoms with E-state index >= 15 is 0 Å². The van der Waals surface area contributed by atoms with Crippen LogP contribution in [-0.4, -0.2) is 33.6 Å². The Morgan fingerprint density at radius 2 is 2.50 bits per heavy atom. The Balaban J connectivity index is 1.57. The highest BCUT2D eigenvalue weighted by molar-refractivity contribution is 5.78. The first-order chi connectivity index (χ1) is 10.7. The largest absolute Gasteiger partial charge is 0.370 e. The molecule has 2 aromatic heterocycles. The highest BCUT2D eigenvalue weighted by Crippen LogP contribution is 2.32. The average molecular weight is 302 g/mol. The Bertz CT molecular complexity index is 605. The molecular weight excluding hydrogens is 280 g/mol. The number of aryl methyl sites for hydroxylation is 1. The molecule has 1 saturated heterocycles. The zero-order valence-corrected chi connectivity index (χ0v) is 12.8. The van der Waals surface area contributed by atoms with Crippen LogP contribution < -0.4 is 5.32 Å². The van der Waals surface area contributed by atoms with E-state index in [0.29, 0.717) is 13.0 Å². The smallest absolute Gasteiger partial charge is 0.225 e. The van der Waals surface area contributed by atoms with Crippen LogP contribution in [-0.2, 0) is 23.0 Å². The molecule has 0 spiro atoms. The first-order valence-electron chi connectivity index (χ1n) is 7.72. The van der Waals surface area contributed by atoms with Gasteiger partial charge in [0.25, 0.3) is 0 Å². The summed E-state index contributed by atoms with van der Waals surface area (Å²) >= 11 is 0. The fourth-order valence-electron chi connectivity index (χ4n) is 2.95. The van der Waals surface area contributed by atoms with Crippen LogP contribution in [0, 0.1) is 5.92 Å². The summed E-state index contributed by atoms with van der Waals surface area (Å²) < 4.78 is 7.90. The van der Waals surface area contributed by atoms with Crippen LogP contribution in [0.3, 0.4) is 0 Å². The number of nitrogens with zero attached hydrogens (tertiary/aromatic N) is 2. The summed E-state index contributed by atoms with van der Waals surface area (Å²) in [6.45, 7) is 1.38. The van der Waals surface area contributed by atoms with Gasteiger partial charge in [-0.3, -0.25) is 4.79 Å². The second kappa shape index (κ2) is 6.79. The monoisotopic (exact) mass is 302 g/mol. The van der Waals surface area contributed by atoms with Gasteiger partial charge in [0.15, 0.2) is 0 Å². The minimum absolute atomic E-state index is 0.0339. The third-order valence-corrected chi connectivity index (χ3v) is 4.13. The predicted octanol–water partition coefficient (Wildman–Crippen LogP) is 1.57. The van der Waals surface area contributed by atoms with Crippen molar-refractivity contribution in [1.82, 2.24) is 19.9 Å². The molecule has 1 amide bonds. The molecule has 118 valence electrons. The van der Waals surface area contributed by atoms with E-state index in [4.69, 9.17) is 4.74 Å². The van der Waals surface area contributed by atoms with E-state index < -0.39 is 0 Å². The van der Waals surface area contributed by atoms with Crippen molar-refractivity contribution < 1.29 is 9.53 Å². The van der Waals surface area contributed by atoms with Crippen molar-refractivity contribution in [2.45, 2.75) is 25.4 Å². The zero-order chi connectivity index (χ0) is 15.4. The van der Waals surface area contributed by atoms with E-state index in [1.54, 1.807) is 6.20 Å². The van der Waals surface area contributed by atoms with Gasteiger partial charge in [-0.05, 0) is 25.0 Å². The molecule has 1 fully saturated rings. The molecule has 0 saturated carbocycles. The van der Waals surface area contributed by atoms with Crippen LogP contribution in [0.2, 0.25) is 0 Å². The van der Waals surface area contributed by atoms with Gasteiger partial charge in [-0.15, -0.1) is 0 Å². The fraction of sp³-hybridized carbons (Fsp3) is 0.500. The molecule has 2 aromatic rings. The van der Waals surface area contributed by atoms with Crippen LogP contribution in [0.4, 0.5) is 0 Å². The summed E-state index contributed by atoms with van der Waals surface area (Å²) in [4.78, 5) is 19.5. The maximum absolute atomic E-state index is 12.0. The van der Waals surface area contributed by atoms with Crippen LogP contribution >= 0.6 is 0 Å².